The van der Waals surface area contributed by atoms with Crippen molar-refractivity contribution in [2.75, 3.05) is 11.6 Å². The van der Waals surface area contributed by atoms with Crippen LogP contribution in [-0.4, -0.2) is 22.7 Å². The monoisotopic (exact) mass is 369 g/mol. The predicted molar refractivity (Wildman–Crippen MR) is 101 cm³/mol. The van der Waals surface area contributed by atoms with Crippen molar-refractivity contribution >= 4 is 46.5 Å². The number of carbonyl (C=O) groups excluding carboxylic acids is 1. The first-order valence-corrected chi connectivity index (χ1v) is 9.41. The summed E-state index contributed by atoms with van der Waals surface area (Å²) in [5, 5.41) is 5.45. The molecule has 0 spiro atoms. The van der Waals surface area contributed by atoms with Crippen molar-refractivity contribution in [2.45, 2.75) is 36.1 Å². The summed E-state index contributed by atoms with van der Waals surface area (Å²) in [6.07, 6.45) is 5.61. The van der Waals surface area contributed by atoms with Crippen molar-refractivity contribution in [1.82, 2.24) is 4.98 Å². The van der Waals surface area contributed by atoms with Crippen LogP contribution in [0.4, 0.5) is 5.13 Å². The molecule has 23 heavy (non-hydrogen) atoms. The van der Waals surface area contributed by atoms with E-state index in [4.69, 9.17) is 5.73 Å². The first-order valence-electron chi connectivity index (χ1n) is 7.31. The fourth-order valence-electron chi connectivity index (χ4n) is 2.68. The fraction of sp³-hybridized carbons (Fsp3) is 0.375. The minimum atomic E-state index is -0.716. The molecule has 1 heterocycles. The molecule has 0 unspecified atom stereocenters. The number of thioether (sulfide) groups is 1. The van der Waals surface area contributed by atoms with Crippen LogP contribution in [0.1, 0.15) is 25.7 Å². The third-order valence-corrected chi connectivity index (χ3v) is 5.56. The Bertz CT molecular complexity index is 666. The van der Waals surface area contributed by atoms with E-state index >= 15 is 0 Å². The molecule has 1 aromatic carbocycles. The van der Waals surface area contributed by atoms with Crippen LogP contribution in [0.2, 0.25) is 0 Å². The number of aromatic nitrogens is 1. The Morgan fingerprint density at radius 1 is 1.30 bits per heavy atom. The Labute approximate surface area is 150 Å². The zero-order valence-corrected chi connectivity index (χ0v) is 15.3. The maximum atomic E-state index is 12.3. The number of nitrogens with zero attached hydrogens (tertiary/aromatic N) is 1. The summed E-state index contributed by atoms with van der Waals surface area (Å²) in [5.74, 6) is -0.108. The molecule has 1 amide bonds. The van der Waals surface area contributed by atoms with Crippen molar-refractivity contribution < 1.29 is 4.79 Å². The van der Waals surface area contributed by atoms with E-state index in [-0.39, 0.29) is 18.3 Å². The van der Waals surface area contributed by atoms with E-state index in [0.717, 1.165) is 36.9 Å². The van der Waals surface area contributed by atoms with Crippen LogP contribution in [-0.2, 0) is 4.79 Å². The molecule has 7 heteroatoms. The van der Waals surface area contributed by atoms with Crippen LogP contribution < -0.4 is 11.1 Å². The highest BCUT2D eigenvalue weighted by molar-refractivity contribution is 7.98. The van der Waals surface area contributed by atoms with Gasteiger partial charge in [0.2, 0.25) is 5.91 Å². The lowest BCUT2D eigenvalue weighted by molar-refractivity contribution is -0.121. The van der Waals surface area contributed by atoms with Crippen LogP contribution in [0.25, 0.3) is 11.3 Å². The van der Waals surface area contributed by atoms with Gasteiger partial charge in [0, 0.05) is 15.8 Å². The molecule has 0 atom stereocenters. The van der Waals surface area contributed by atoms with Gasteiger partial charge in [-0.2, -0.15) is 0 Å². The van der Waals surface area contributed by atoms with Gasteiger partial charge in [-0.3, -0.25) is 4.79 Å². The number of nitrogens with two attached hydrogens (primary N) is 1. The number of rotatable bonds is 4. The summed E-state index contributed by atoms with van der Waals surface area (Å²) < 4.78 is 0. The van der Waals surface area contributed by atoms with Gasteiger partial charge in [0.15, 0.2) is 5.13 Å². The van der Waals surface area contributed by atoms with Crippen molar-refractivity contribution in [3.63, 3.8) is 0 Å². The molecule has 4 nitrogen and oxygen atoms in total. The smallest absolute Gasteiger partial charge is 0.246 e. The van der Waals surface area contributed by atoms with Crippen molar-refractivity contribution in [3.8, 4) is 11.3 Å². The molecule has 3 rings (SSSR count). The molecule has 1 aliphatic carbocycles. The summed E-state index contributed by atoms with van der Waals surface area (Å²) in [7, 11) is 0. The summed E-state index contributed by atoms with van der Waals surface area (Å²) in [4.78, 5) is 18.0. The third-order valence-electron chi connectivity index (χ3n) is 4.06. The minimum Gasteiger partial charge on any atom is -0.317 e. The highest BCUT2D eigenvalue weighted by atomic mass is 35.5. The normalized spacial score (nSPS) is 15.9. The Hall–Kier alpha value is -1.08. The van der Waals surface area contributed by atoms with Crippen LogP contribution >= 0.6 is 35.5 Å². The number of amides is 1. The van der Waals surface area contributed by atoms with Crippen LogP contribution in [0.5, 0.6) is 0 Å². The van der Waals surface area contributed by atoms with Gasteiger partial charge in [-0.25, -0.2) is 4.98 Å². The minimum absolute atomic E-state index is 0. The first-order chi connectivity index (χ1) is 10.6. The van der Waals surface area contributed by atoms with Gasteiger partial charge in [0.05, 0.1) is 11.2 Å². The van der Waals surface area contributed by atoms with Gasteiger partial charge in [-0.1, -0.05) is 25.0 Å². The molecule has 0 bridgehead atoms. The highest BCUT2D eigenvalue weighted by Gasteiger charge is 2.37. The molecule has 124 valence electrons. The highest BCUT2D eigenvalue weighted by Crippen LogP contribution is 2.30. The van der Waals surface area contributed by atoms with Crippen LogP contribution in [0.15, 0.2) is 34.5 Å². The maximum Gasteiger partial charge on any atom is 0.246 e. The standard InChI is InChI=1S/C16H19N3OS2.ClH/c1-21-12-6-4-11(5-7-12)13-10-22-15(18-13)19-14(20)16(17)8-2-3-9-16;/h4-7,10H,2-3,8-9,17H2,1H3,(H,18,19,20);1H. The first kappa shape index (κ1) is 18.3. The lowest BCUT2D eigenvalue weighted by Gasteiger charge is -2.21. The molecule has 3 N–H and O–H groups in total. The second-order valence-electron chi connectivity index (χ2n) is 5.58. The lowest BCUT2D eigenvalue weighted by Crippen LogP contribution is -2.48. The zero-order chi connectivity index (χ0) is 15.6. The Balaban J connectivity index is 0.00000192. The number of carbonyl (C=O) groups is 1. The molecule has 1 aromatic heterocycles. The van der Waals surface area contributed by atoms with Gasteiger partial charge in [0.1, 0.15) is 0 Å². The molecular formula is C16H20ClN3OS2. The second kappa shape index (κ2) is 7.66. The van der Waals surface area contributed by atoms with Gasteiger partial charge >= 0.3 is 0 Å². The summed E-state index contributed by atoms with van der Waals surface area (Å²) in [6.45, 7) is 0. The van der Waals surface area contributed by atoms with Gasteiger partial charge < -0.3 is 11.1 Å². The zero-order valence-electron chi connectivity index (χ0n) is 12.9. The van der Waals surface area contributed by atoms with E-state index in [9.17, 15) is 4.79 Å². The van der Waals surface area contributed by atoms with Crippen LogP contribution in [0.3, 0.4) is 0 Å². The van der Waals surface area contributed by atoms with E-state index in [1.807, 2.05) is 17.5 Å². The molecule has 1 saturated carbocycles. The Morgan fingerprint density at radius 3 is 2.57 bits per heavy atom. The topological polar surface area (TPSA) is 68.0 Å². The van der Waals surface area contributed by atoms with E-state index in [1.165, 1.54) is 16.2 Å². The average Bonchev–Trinajstić information content (AvgIpc) is 3.17. The maximum absolute atomic E-state index is 12.3. The molecule has 1 fully saturated rings. The molecule has 0 radical (unpaired) electrons. The van der Waals surface area contributed by atoms with E-state index in [2.05, 4.69) is 28.7 Å². The van der Waals surface area contributed by atoms with E-state index < -0.39 is 5.54 Å². The summed E-state index contributed by atoms with van der Waals surface area (Å²) >= 11 is 3.15. The number of anilines is 1. The van der Waals surface area contributed by atoms with Crippen molar-refractivity contribution in [3.05, 3.63) is 29.6 Å². The molecule has 0 aliphatic heterocycles. The predicted octanol–water partition coefficient (Wildman–Crippen LogP) is 4.16. The number of benzene rings is 1. The SMILES string of the molecule is CSc1ccc(-c2csc(NC(=O)C3(N)CCCC3)n2)cc1.Cl. The lowest BCUT2D eigenvalue weighted by atomic mass is 9.98. The Kier molecular flexibility index (Phi) is 6.08. The molecule has 2 aromatic rings. The second-order valence-corrected chi connectivity index (χ2v) is 7.32. The number of nitrogens with one attached hydrogen (secondary N) is 1. The summed E-state index contributed by atoms with van der Waals surface area (Å²) in [6, 6.07) is 8.25. The molecular weight excluding hydrogens is 350 g/mol. The average molecular weight is 370 g/mol. The number of hydrogen-bond acceptors (Lipinski definition) is 5. The molecule has 1 aliphatic rings. The number of hydrogen-bond donors (Lipinski definition) is 2. The van der Waals surface area contributed by atoms with Crippen molar-refractivity contribution in [2.24, 2.45) is 5.73 Å². The molecule has 0 saturated heterocycles. The van der Waals surface area contributed by atoms with Crippen molar-refractivity contribution in [1.29, 1.82) is 0 Å². The number of thiazole rings is 1. The summed E-state index contributed by atoms with van der Waals surface area (Å²) in [5.41, 5.74) is 7.38. The van der Waals surface area contributed by atoms with Gasteiger partial charge in [-0.15, -0.1) is 35.5 Å². The van der Waals surface area contributed by atoms with E-state index in [1.54, 1.807) is 11.8 Å². The Morgan fingerprint density at radius 2 is 1.96 bits per heavy atom. The third kappa shape index (κ3) is 4.07. The van der Waals surface area contributed by atoms with Crippen LogP contribution in [0, 0.1) is 0 Å². The van der Waals surface area contributed by atoms with Gasteiger partial charge in [0.25, 0.3) is 0 Å². The quantitative estimate of drug-likeness (QED) is 0.794. The largest absolute Gasteiger partial charge is 0.317 e. The van der Waals surface area contributed by atoms with Gasteiger partial charge in [-0.05, 0) is 31.2 Å². The number of halogens is 1. The van der Waals surface area contributed by atoms with E-state index in [0.29, 0.717) is 5.13 Å². The fourth-order valence-corrected chi connectivity index (χ4v) is 3.80.